The quantitative estimate of drug-likeness (QED) is 0.742. The Bertz CT molecular complexity index is 818. The van der Waals surface area contributed by atoms with Crippen LogP contribution in [0.1, 0.15) is 42.4 Å². The fourth-order valence-electron chi connectivity index (χ4n) is 4.10. The minimum Gasteiger partial charge on any atom is -0.377 e. The molecular weight excluding hydrogens is 423 g/mol. The molecule has 2 aliphatic rings. The van der Waals surface area contributed by atoms with Crippen molar-refractivity contribution in [1.82, 2.24) is 15.0 Å². The zero-order valence-electron chi connectivity index (χ0n) is 17.7. The summed E-state index contributed by atoms with van der Waals surface area (Å²) in [6.07, 6.45) is 5.01. The van der Waals surface area contributed by atoms with E-state index in [9.17, 15) is 0 Å². The fraction of sp³-hybridized carbons (Fsp3) is 0.571. The van der Waals surface area contributed by atoms with Gasteiger partial charge in [-0.05, 0) is 38.3 Å². The van der Waals surface area contributed by atoms with Crippen molar-refractivity contribution in [2.24, 2.45) is 5.73 Å². The molecule has 0 bridgehead atoms. The van der Waals surface area contributed by atoms with Crippen LogP contribution in [0.3, 0.4) is 0 Å². The van der Waals surface area contributed by atoms with Crippen LogP contribution in [-0.4, -0.2) is 54.3 Å². The van der Waals surface area contributed by atoms with E-state index in [1.165, 1.54) is 5.69 Å². The monoisotopic (exact) mass is 454 g/mol. The predicted octanol–water partition coefficient (Wildman–Crippen LogP) is 3.09. The van der Waals surface area contributed by atoms with Crippen molar-refractivity contribution in [3.63, 3.8) is 0 Å². The molecule has 0 spiro atoms. The van der Waals surface area contributed by atoms with Crippen LogP contribution in [0, 0.1) is 6.92 Å². The van der Waals surface area contributed by atoms with Gasteiger partial charge in [-0.2, -0.15) is 0 Å². The van der Waals surface area contributed by atoms with Gasteiger partial charge in [0.25, 0.3) is 0 Å². The van der Waals surface area contributed by atoms with Gasteiger partial charge < -0.3 is 20.3 Å². The summed E-state index contributed by atoms with van der Waals surface area (Å²) in [6.45, 7) is 6.43. The highest BCUT2D eigenvalue weighted by Crippen LogP contribution is 2.35. The van der Waals surface area contributed by atoms with Crippen molar-refractivity contribution in [1.29, 1.82) is 0 Å². The van der Waals surface area contributed by atoms with Crippen molar-refractivity contribution < 1.29 is 4.74 Å². The first kappa shape index (κ1) is 24.6. The van der Waals surface area contributed by atoms with Gasteiger partial charge in [-0.1, -0.05) is 0 Å². The minimum absolute atomic E-state index is 0. The number of hydrogen-bond acceptors (Lipinski definition) is 7. The van der Waals surface area contributed by atoms with Crippen LogP contribution in [0.4, 0.5) is 11.5 Å². The molecule has 3 heterocycles. The normalized spacial score (nSPS) is 21.2. The summed E-state index contributed by atoms with van der Waals surface area (Å²) < 4.78 is 5.31. The van der Waals surface area contributed by atoms with Crippen LogP contribution in [0.25, 0.3) is 0 Å². The summed E-state index contributed by atoms with van der Waals surface area (Å²) in [5, 5.41) is 0. The Morgan fingerprint density at radius 2 is 1.80 bits per heavy atom. The Morgan fingerprint density at radius 3 is 2.50 bits per heavy atom. The zero-order valence-corrected chi connectivity index (χ0v) is 19.3. The molecule has 1 aliphatic heterocycles. The molecule has 1 saturated carbocycles. The summed E-state index contributed by atoms with van der Waals surface area (Å²) in [4.78, 5) is 18.7. The van der Waals surface area contributed by atoms with Crippen molar-refractivity contribution >= 4 is 36.3 Å². The zero-order chi connectivity index (χ0) is 19.5. The molecule has 0 radical (unpaired) electrons. The van der Waals surface area contributed by atoms with E-state index < -0.39 is 0 Å². The van der Waals surface area contributed by atoms with Crippen LogP contribution in [0.2, 0.25) is 0 Å². The average molecular weight is 455 g/mol. The number of anilines is 2. The van der Waals surface area contributed by atoms with Gasteiger partial charge in [0.2, 0.25) is 0 Å². The van der Waals surface area contributed by atoms with Gasteiger partial charge in [0.1, 0.15) is 12.4 Å². The molecule has 2 aromatic rings. The van der Waals surface area contributed by atoms with Gasteiger partial charge >= 0.3 is 0 Å². The number of nitrogens with two attached hydrogens (primary N) is 1. The molecule has 0 aromatic carbocycles. The molecule has 166 valence electrons. The van der Waals surface area contributed by atoms with E-state index in [1.54, 1.807) is 7.11 Å². The molecule has 1 aliphatic carbocycles. The first-order chi connectivity index (χ1) is 13.6. The standard InChI is InChI=1S/C21H30N6O.2ClH/c1-15-10-18(4-5-23-15)26-6-3-7-27(9-8-26)21-13-19(16-11-17(22)12-16)24-20(25-21)14-28-2;;/h4-5,10,13,16-17H,3,6-9,11-12,14,22H2,1-2H3;2*1H. The predicted molar refractivity (Wildman–Crippen MR) is 125 cm³/mol. The van der Waals surface area contributed by atoms with Crippen LogP contribution < -0.4 is 15.5 Å². The summed E-state index contributed by atoms with van der Waals surface area (Å²) in [5.41, 5.74) is 9.42. The number of halogens is 2. The molecule has 0 unspecified atom stereocenters. The molecule has 4 rings (SSSR count). The number of ether oxygens (including phenoxy) is 1. The van der Waals surface area contributed by atoms with E-state index in [0.29, 0.717) is 18.6 Å². The van der Waals surface area contributed by atoms with Crippen LogP contribution in [-0.2, 0) is 11.3 Å². The second kappa shape index (κ2) is 11.1. The van der Waals surface area contributed by atoms with Crippen LogP contribution >= 0.6 is 24.8 Å². The third-order valence-corrected chi connectivity index (χ3v) is 5.71. The summed E-state index contributed by atoms with van der Waals surface area (Å²) >= 11 is 0. The maximum atomic E-state index is 6.00. The van der Waals surface area contributed by atoms with Gasteiger partial charge in [-0.3, -0.25) is 4.98 Å². The molecule has 1 saturated heterocycles. The Morgan fingerprint density at radius 1 is 1.07 bits per heavy atom. The largest absolute Gasteiger partial charge is 0.377 e. The van der Waals surface area contributed by atoms with Crippen LogP contribution in [0.5, 0.6) is 0 Å². The number of aryl methyl sites for hydroxylation is 1. The molecular formula is C21H32Cl2N6O. The number of nitrogens with zero attached hydrogens (tertiary/aromatic N) is 5. The van der Waals surface area contributed by atoms with Gasteiger partial charge in [0.05, 0.1) is 0 Å². The maximum Gasteiger partial charge on any atom is 0.156 e. The summed E-state index contributed by atoms with van der Waals surface area (Å²) in [7, 11) is 1.69. The first-order valence-corrected chi connectivity index (χ1v) is 10.2. The molecule has 2 fully saturated rings. The number of rotatable bonds is 5. The highest BCUT2D eigenvalue weighted by atomic mass is 35.5. The number of hydrogen-bond donors (Lipinski definition) is 1. The van der Waals surface area contributed by atoms with E-state index in [4.69, 9.17) is 20.4 Å². The van der Waals surface area contributed by atoms with Crippen LogP contribution in [0.15, 0.2) is 24.4 Å². The highest BCUT2D eigenvalue weighted by Gasteiger charge is 2.30. The van der Waals surface area contributed by atoms with Gasteiger partial charge in [-0.25, -0.2) is 9.97 Å². The Kier molecular flexibility index (Phi) is 9.09. The van der Waals surface area contributed by atoms with Crippen molar-refractivity contribution in [2.45, 2.75) is 44.8 Å². The van der Waals surface area contributed by atoms with Gasteiger partial charge in [0.15, 0.2) is 5.82 Å². The molecule has 9 heteroatoms. The molecule has 0 amide bonds. The SMILES string of the molecule is COCc1nc(C2CC(N)C2)cc(N2CCCN(c3ccnc(C)c3)CC2)n1.Cl.Cl. The molecule has 7 nitrogen and oxygen atoms in total. The average Bonchev–Trinajstić information content (AvgIpc) is 2.92. The number of aromatic nitrogens is 3. The smallest absolute Gasteiger partial charge is 0.156 e. The highest BCUT2D eigenvalue weighted by molar-refractivity contribution is 5.85. The number of methoxy groups -OCH3 is 1. The summed E-state index contributed by atoms with van der Waals surface area (Å²) in [5.74, 6) is 2.24. The maximum absolute atomic E-state index is 6.00. The lowest BCUT2D eigenvalue weighted by atomic mass is 9.78. The van der Waals surface area contributed by atoms with Crippen molar-refractivity contribution in [3.8, 4) is 0 Å². The molecule has 2 aromatic heterocycles. The van der Waals surface area contributed by atoms with Gasteiger partial charge in [0, 0.05) is 74.6 Å². The van der Waals surface area contributed by atoms with E-state index >= 15 is 0 Å². The Hall–Kier alpha value is -1.67. The fourth-order valence-corrected chi connectivity index (χ4v) is 4.10. The Balaban J connectivity index is 0.00000160. The minimum atomic E-state index is 0. The van der Waals surface area contributed by atoms with Crippen molar-refractivity contribution in [3.05, 3.63) is 41.6 Å². The first-order valence-electron chi connectivity index (χ1n) is 10.2. The number of pyridine rings is 1. The lowest BCUT2D eigenvalue weighted by Gasteiger charge is -2.33. The lowest BCUT2D eigenvalue weighted by molar-refractivity contribution is 0.177. The third kappa shape index (κ3) is 5.72. The van der Waals surface area contributed by atoms with Crippen molar-refractivity contribution in [2.75, 3.05) is 43.1 Å². The van der Waals surface area contributed by atoms with Gasteiger partial charge in [-0.15, -0.1) is 24.8 Å². The van der Waals surface area contributed by atoms with E-state index in [1.807, 2.05) is 13.1 Å². The van der Waals surface area contributed by atoms with E-state index in [2.05, 4.69) is 33.0 Å². The molecule has 2 N–H and O–H groups in total. The van der Waals surface area contributed by atoms with E-state index in [0.717, 1.165) is 68.5 Å². The molecule has 30 heavy (non-hydrogen) atoms. The second-order valence-corrected chi connectivity index (χ2v) is 7.91. The lowest BCUT2D eigenvalue weighted by Crippen LogP contribution is -2.36. The molecule has 0 atom stereocenters. The topological polar surface area (TPSA) is 80.4 Å². The van der Waals surface area contributed by atoms with E-state index in [-0.39, 0.29) is 24.8 Å². The second-order valence-electron chi connectivity index (χ2n) is 7.91. The Labute approximate surface area is 191 Å². The third-order valence-electron chi connectivity index (χ3n) is 5.71. The summed E-state index contributed by atoms with van der Waals surface area (Å²) in [6, 6.07) is 6.74.